The van der Waals surface area contributed by atoms with E-state index in [0.717, 1.165) is 38.5 Å². The zero-order valence-corrected chi connectivity index (χ0v) is 27.6. The van der Waals surface area contributed by atoms with Crippen molar-refractivity contribution < 1.29 is 42.9 Å². The van der Waals surface area contributed by atoms with Gasteiger partial charge in [-0.05, 0) is 88.2 Å². The lowest BCUT2D eigenvalue weighted by molar-refractivity contribution is -0.272. The monoisotopic (exact) mass is 661 g/mol. The molecule has 5 fully saturated rings. The summed E-state index contributed by atoms with van der Waals surface area (Å²) in [5.74, 6) is -1.87. The van der Waals surface area contributed by atoms with Crippen LogP contribution in [0.5, 0.6) is 5.75 Å². The Labute approximate surface area is 278 Å². The average Bonchev–Trinajstić information content (AvgIpc) is 3.89. The molecule has 8 atom stereocenters. The second-order valence-corrected chi connectivity index (χ2v) is 15.7. The van der Waals surface area contributed by atoms with E-state index in [-0.39, 0.29) is 65.3 Å². The predicted molar refractivity (Wildman–Crippen MR) is 168 cm³/mol. The molecular formula is C37H43NO10. The van der Waals surface area contributed by atoms with Gasteiger partial charge in [-0.25, -0.2) is 4.79 Å². The van der Waals surface area contributed by atoms with E-state index in [1.807, 2.05) is 13.8 Å². The van der Waals surface area contributed by atoms with Gasteiger partial charge in [-0.3, -0.25) is 19.4 Å². The normalized spacial score (nSPS) is 36.8. The van der Waals surface area contributed by atoms with E-state index in [1.165, 1.54) is 0 Å². The molecule has 11 heteroatoms. The molecule has 0 amide bonds. The highest BCUT2D eigenvalue weighted by Crippen LogP contribution is 2.68. The molecule has 11 nitrogen and oxygen atoms in total. The smallest absolute Gasteiger partial charge is 0.345 e. The van der Waals surface area contributed by atoms with Crippen molar-refractivity contribution in [2.45, 2.75) is 102 Å². The zero-order valence-electron chi connectivity index (χ0n) is 27.6. The van der Waals surface area contributed by atoms with E-state index < -0.39 is 46.3 Å². The van der Waals surface area contributed by atoms with Crippen molar-refractivity contribution in [3.8, 4) is 17.1 Å². The molecule has 1 aliphatic heterocycles. The van der Waals surface area contributed by atoms with E-state index in [1.54, 1.807) is 30.6 Å². The average molecular weight is 662 g/mol. The third kappa shape index (κ3) is 5.15. The van der Waals surface area contributed by atoms with Crippen molar-refractivity contribution in [2.75, 3.05) is 6.61 Å². The number of aliphatic hydroxyl groups excluding tert-OH is 1. The van der Waals surface area contributed by atoms with Gasteiger partial charge in [-0.1, -0.05) is 13.8 Å². The highest BCUT2D eigenvalue weighted by molar-refractivity contribution is 5.76. The Kier molecular flexibility index (Phi) is 7.32. The number of pyridine rings is 1. The van der Waals surface area contributed by atoms with Crippen LogP contribution in [0.1, 0.15) is 90.2 Å². The summed E-state index contributed by atoms with van der Waals surface area (Å²) in [6.07, 6.45) is 6.52. The molecule has 0 saturated heterocycles. The Morgan fingerprint density at radius 2 is 1.58 bits per heavy atom. The van der Waals surface area contributed by atoms with Gasteiger partial charge in [0.05, 0.1) is 23.9 Å². The van der Waals surface area contributed by atoms with Crippen LogP contribution in [0.3, 0.4) is 0 Å². The molecule has 1 N–H and O–H groups in total. The molecule has 256 valence electrons. The number of fused-ring (bicyclic) bond motifs is 4. The van der Waals surface area contributed by atoms with Crippen molar-refractivity contribution in [3.05, 3.63) is 46.6 Å². The topological polar surface area (TPSA) is 151 Å². The van der Waals surface area contributed by atoms with Crippen molar-refractivity contribution in [3.63, 3.8) is 0 Å². The summed E-state index contributed by atoms with van der Waals surface area (Å²) in [5, 5.41) is 12.3. The molecule has 0 bridgehead atoms. The van der Waals surface area contributed by atoms with Crippen LogP contribution in [0.15, 0.2) is 39.8 Å². The van der Waals surface area contributed by atoms with Gasteiger partial charge in [0.2, 0.25) is 0 Å². The van der Waals surface area contributed by atoms with Gasteiger partial charge in [0.15, 0.2) is 0 Å². The van der Waals surface area contributed by atoms with Gasteiger partial charge in [0, 0.05) is 35.4 Å². The quantitative estimate of drug-likeness (QED) is 0.303. The third-order valence-corrected chi connectivity index (χ3v) is 12.3. The lowest BCUT2D eigenvalue weighted by atomic mass is 9.42. The fourth-order valence-electron chi connectivity index (χ4n) is 9.15. The zero-order chi connectivity index (χ0) is 33.6. The number of esters is 3. The summed E-state index contributed by atoms with van der Waals surface area (Å²) >= 11 is 0. The summed E-state index contributed by atoms with van der Waals surface area (Å²) in [4.78, 5) is 57.1. The summed E-state index contributed by atoms with van der Waals surface area (Å²) in [6, 6.07) is 5.09. The maximum atomic E-state index is 13.7. The first-order valence-corrected chi connectivity index (χ1v) is 17.5. The Morgan fingerprint density at radius 3 is 2.21 bits per heavy atom. The number of aromatic nitrogens is 1. The second-order valence-electron chi connectivity index (χ2n) is 15.7. The van der Waals surface area contributed by atoms with Crippen LogP contribution in [0.4, 0.5) is 0 Å². The largest absolute Gasteiger partial charge is 0.482 e. The van der Waals surface area contributed by atoms with Gasteiger partial charge in [-0.2, -0.15) is 0 Å². The van der Waals surface area contributed by atoms with Crippen LogP contribution in [-0.4, -0.2) is 52.4 Å². The maximum Gasteiger partial charge on any atom is 0.345 e. The molecular weight excluding hydrogens is 618 g/mol. The van der Waals surface area contributed by atoms with E-state index in [4.69, 9.17) is 23.4 Å². The first-order chi connectivity index (χ1) is 22.9. The number of hydrogen-bond acceptors (Lipinski definition) is 11. The Balaban J connectivity index is 1.22. The minimum atomic E-state index is -1.32. The van der Waals surface area contributed by atoms with Crippen molar-refractivity contribution >= 4 is 17.9 Å². The summed E-state index contributed by atoms with van der Waals surface area (Å²) in [5.41, 5.74) is -2.94. The van der Waals surface area contributed by atoms with Crippen molar-refractivity contribution in [2.24, 2.45) is 40.4 Å². The van der Waals surface area contributed by atoms with E-state index in [9.17, 15) is 24.3 Å². The number of hydrogen-bond donors (Lipinski definition) is 1. The van der Waals surface area contributed by atoms with E-state index >= 15 is 0 Å². The van der Waals surface area contributed by atoms with Crippen LogP contribution < -0.4 is 10.4 Å². The summed E-state index contributed by atoms with van der Waals surface area (Å²) in [7, 11) is 0. The Hall–Kier alpha value is -3.73. The number of carbonyl (C=O) groups is 3. The highest BCUT2D eigenvalue weighted by Gasteiger charge is 2.71. The molecule has 8 rings (SSSR count). The van der Waals surface area contributed by atoms with Crippen LogP contribution >= 0.6 is 0 Å². The molecule has 2 aromatic heterocycles. The SMILES string of the molecule is C[C@]1(COC(=O)C2CC2)[C@@H]2C[C@H](OC(=O)C3CC3)[C@@]3(C)Oc4cc(-c5cccnc5)oc(=O)c4[C@H](O)[C@@H]3[C@@]2(C)CC[C@@H]1OC(=O)C1CC1. The van der Waals surface area contributed by atoms with Gasteiger partial charge in [0.1, 0.15) is 41.5 Å². The van der Waals surface area contributed by atoms with Crippen LogP contribution in [-0.2, 0) is 28.6 Å². The molecule has 5 saturated carbocycles. The molecule has 0 unspecified atom stereocenters. The van der Waals surface area contributed by atoms with E-state index in [2.05, 4.69) is 11.9 Å². The standard InChI is InChI=1S/C37H43NO10/c1-35-13-12-26(46-32(41)20-8-9-20)36(2,18-44-31(40)19-6-7-19)25(35)16-27(47-33(42)21-10-11-21)37(3)30(35)29(39)28-24(48-37)15-23(45-34(28)43)22-5-4-14-38-17-22/h4-5,14-15,17,19-21,25-27,29-30,39H,6-13,16,18H2,1-3H3/t25-,26+,27+,29+,30-,35+,36+,37-/m1/s1. The summed E-state index contributed by atoms with van der Waals surface area (Å²) < 4.78 is 31.1. The highest BCUT2D eigenvalue weighted by atomic mass is 16.6. The Morgan fingerprint density at radius 1 is 0.938 bits per heavy atom. The maximum absolute atomic E-state index is 13.7. The van der Waals surface area contributed by atoms with Crippen LogP contribution in [0, 0.1) is 40.4 Å². The molecule has 6 aliphatic rings. The molecule has 3 heterocycles. The lowest BCUT2D eigenvalue weighted by Crippen LogP contribution is -2.71. The molecule has 48 heavy (non-hydrogen) atoms. The first kappa shape index (κ1) is 31.5. The first-order valence-electron chi connectivity index (χ1n) is 17.5. The van der Waals surface area contributed by atoms with Gasteiger partial charge in [-0.15, -0.1) is 0 Å². The Bertz CT molecular complexity index is 1700. The minimum Gasteiger partial charge on any atom is -0.482 e. The van der Waals surface area contributed by atoms with Gasteiger partial charge in [0.25, 0.3) is 0 Å². The fraction of sp³-hybridized carbons (Fsp3) is 0.649. The fourth-order valence-corrected chi connectivity index (χ4v) is 9.15. The second kappa shape index (κ2) is 11.1. The number of aliphatic hydroxyl groups is 1. The molecule has 2 aromatic rings. The number of ether oxygens (including phenoxy) is 4. The number of rotatable bonds is 8. The molecule has 0 aromatic carbocycles. The summed E-state index contributed by atoms with van der Waals surface area (Å²) in [6.45, 7) is 5.93. The van der Waals surface area contributed by atoms with Crippen molar-refractivity contribution in [1.29, 1.82) is 0 Å². The van der Waals surface area contributed by atoms with Crippen molar-refractivity contribution in [1.82, 2.24) is 4.98 Å². The minimum absolute atomic E-state index is 0.0160. The third-order valence-electron chi connectivity index (χ3n) is 12.3. The molecule has 0 radical (unpaired) electrons. The predicted octanol–water partition coefficient (Wildman–Crippen LogP) is 4.93. The number of carbonyl (C=O) groups excluding carboxylic acids is 3. The van der Waals surface area contributed by atoms with Gasteiger partial charge >= 0.3 is 23.5 Å². The van der Waals surface area contributed by atoms with Crippen LogP contribution in [0.2, 0.25) is 0 Å². The van der Waals surface area contributed by atoms with Crippen LogP contribution in [0.25, 0.3) is 11.3 Å². The van der Waals surface area contributed by atoms with E-state index in [0.29, 0.717) is 24.8 Å². The molecule has 0 spiro atoms. The number of nitrogens with zero attached hydrogens (tertiary/aromatic N) is 1. The lowest BCUT2D eigenvalue weighted by Gasteiger charge is -2.66. The molecule has 5 aliphatic carbocycles. The van der Waals surface area contributed by atoms with Gasteiger partial charge < -0.3 is 28.5 Å².